The summed E-state index contributed by atoms with van der Waals surface area (Å²) in [4.78, 5) is 22.9. The molecule has 0 radical (unpaired) electrons. The van der Waals surface area contributed by atoms with Gasteiger partial charge in [0.25, 0.3) is 0 Å². The molecular formula is C39H72N2O6P+. The zero-order valence-corrected chi connectivity index (χ0v) is 32.1. The van der Waals surface area contributed by atoms with E-state index in [1.807, 2.05) is 27.2 Å². The van der Waals surface area contributed by atoms with Crippen LogP contribution in [-0.2, 0) is 18.4 Å². The van der Waals surface area contributed by atoms with Crippen molar-refractivity contribution in [3.05, 3.63) is 60.8 Å². The normalized spacial score (nSPS) is 15.4. The Kier molecular flexibility index (Phi) is 30.0. The molecule has 0 saturated heterocycles. The molecule has 0 bridgehead atoms. The molecule has 3 unspecified atom stereocenters. The van der Waals surface area contributed by atoms with Crippen LogP contribution in [0.1, 0.15) is 129 Å². The zero-order valence-electron chi connectivity index (χ0n) is 31.2. The molecule has 3 N–H and O–H groups in total. The fraction of sp³-hybridized carbons (Fsp3) is 0.718. The van der Waals surface area contributed by atoms with Crippen LogP contribution in [0.25, 0.3) is 0 Å². The Hall–Kier alpha value is -1.80. The molecule has 0 fully saturated rings. The van der Waals surface area contributed by atoms with E-state index in [1.54, 1.807) is 6.08 Å². The number of hydrogen-bond donors (Lipinski definition) is 3. The van der Waals surface area contributed by atoms with Crippen molar-refractivity contribution in [3.63, 3.8) is 0 Å². The van der Waals surface area contributed by atoms with E-state index in [2.05, 4.69) is 67.8 Å². The highest BCUT2D eigenvalue weighted by Crippen LogP contribution is 2.43. The minimum atomic E-state index is -4.34. The molecular weight excluding hydrogens is 623 g/mol. The Bertz CT molecular complexity index is 970. The summed E-state index contributed by atoms with van der Waals surface area (Å²) in [7, 11) is 1.53. The summed E-state index contributed by atoms with van der Waals surface area (Å²) >= 11 is 0. The van der Waals surface area contributed by atoms with Crippen LogP contribution < -0.4 is 5.32 Å². The lowest BCUT2D eigenvalue weighted by molar-refractivity contribution is -0.870. The monoisotopic (exact) mass is 696 g/mol. The van der Waals surface area contributed by atoms with Crippen LogP contribution in [0.5, 0.6) is 0 Å². The molecule has 0 aliphatic carbocycles. The Morgan fingerprint density at radius 3 is 1.83 bits per heavy atom. The largest absolute Gasteiger partial charge is 0.472 e. The number of allylic oxidation sites excluding steroid dienone is 9. The maximum absolute atomic E-state index is 12.8. The first-order valence-corrected chi connectivity index (χ1v) is 20.2. The highest BCUT2D eigenvalue weighted by atomic mass is 31.2. The molecule has 0 saturated carbocycles. The first-order valence-electron chi connectivity index (χ1n) is 18.7. The number of unbranched alkanes of at least 4 members (excludes halogenated alkanes) is 11. The van der Waals surface area contributed by atoms with Crippen molar-refractivity contribution < 1.29 is 32.9 Å². The number of phosphoric acid groups is 1. The van der Waals surface area contributed by atoms with Crippen LogP contribution in [0, 0.1) is 0 Å². The molecule has 0 aliphatic rings. The second kappa shape index (κ2) is 31.2. The smallest absolute Gasteiger partial charge is 0.387 e. The molecule has 0 aliphatic heterocycles. The van der Waals surface area contributed by atoms with E-state index in [-0.39, 0.29) is 19.1 Å². The summed E-state index contributed by atoms with van der Waals surface area (Å²) in [6.45, 7) is 4.61. The van der Waals surface area contributed by atoms with Crippen LogP contribution in [0.4, 0.5) is 0 Å². The van der Waals surface area contributed by atoms with Crippen molar-refractivity contribution in [2.45, 2.75) is 142 Å². The van der Waals surface area contributed by atoms with Crippen molar-refractivity contribution in [3.8, 4) is 0 Å². The molecule has 3 atom stereocenters. The van der Waals surface area contributed by atoms with Gasteiger partial charge in [0, 0.05) is 6.42 Å². The molecule has 1 amide bonds. The lowest BCUT2D eigenvalue weighted by Crippen LogP contribution is -2.45. The number of nitrogens with one attached hydrogen (secondary N) is 1. The van der Waals surface area contributed by atoms with Gasteiger partial charge in [-0.1, -0.05) is 126 Å². The molecule has 0 heterocycles. The number of quaternary nitrogens is 1. The average Bonchev–Trinajstić information content (AvgIpc) is 3.02. The summed E-state index contributed by atoms with van der Waals surface area (Å²) < 4.78 is 23.4. The van der Waals surface area contributed by atoms with Gasteiger partial charge >= 0.3 is 7.82 Å². The number of hydrogen-bond acceptors (Lipinski definition) is 5. The van der Waals surface area contributed by atoms with Gasteiger partial charge in [-0.05, 0) is 57.8 Å². The number of aliphatic hydroxyl groups is 1. The van der Waals surface area contributed by atoms with Crippen molar-refractivity contribution in [1.82, 2.24) is 5.32 Å². The van der Waals surface area contributed by atoms with Gasteiger partial charge in [0.2, 0.25) is 5.91 Å². The Labute approximate surface area is 294 Å². The number of nitrogens with zero attached hydrogens (tertiary/aromatic N) is 1. The maximum Gasteiger partial charge on any atom is 0.472 e. The standard InChI is InChI=1S/C39H71N2O6P/c1-6-8-10-12-14-16-18-19-20-21-23-25-27-29-31-33-39(43)40-37(36-47-48(44,45)46-35-34-41(3,4)5)38(42)32-30-28-26-24-22-17-15-13-11-9-7-2/h8,10,14,16,19-20,23,25,30,32,37-38,42H,6-7,9,11-13,15,17-18,21-22,24,26-29,31,33-36H2,1-5H3,(H-,40,43,44,45)/p+1/b10-8-,16-14-,20-19-,25-23-,32-30+. The minimum absolute atomic E-state index is 0.0504. The molecule has 48 heavy (non-hydrogen) atoms. The third-order valence-electron chi connectivity index (χ3n) is 7.74. The summed E-state index contributed by atoms with van der Waals surface area (Å²) in [5.74, 6) is -0.223. The molecule has 0 spiro atoms. The molecule has 278 valence electrons. The van der Waals surface area contributed by atoms with E-state index < -0.39 is 20.0 Å². The van der Waals surface area contributed by atoms with Gasteiger partial charge in [-0.2, -0.15) is 0 Å². The first-order chi connectivity index (χ1) is 23.0. The fourth-order valence-electron chi connectivity index (χ4n) is 4.73. The molecule has 0 aromatic heterocycles. The van der Waals surface area contributed by atoms with Gasteiger partial charge < -0.3 is 19.8 Å². The number of amides is 1. The Balaban J connectivity index is 4.65. The molecule has 0 aromatic carbocycles. The highest BCUT2D eigenvalue weighted by molar-refractivity contribution is 7.47. The van der Waals surface area contributed by atoms with Gasteiger partial charge in [0.15, 0.2) is 0 Å². The fourth-order valence-corrected chi connectivity index (χ4v) is 5.47. The van der Waals surface area contributed by atoms with Gasteiger partial charge in [-0.3, -0.25) is 13.8 Å². The number of aliphatic hydroxyl groups excluding tert-OH is 1. The summed E-state index contributed by atoms with van der Waals surface area (Å²) in [5, 5.41) is 13.7. The van der Waals surface area contributed by atoms with Crippen LogP contribution in [-0.4, -0.2) is 73.4 Å². The van der Waals surface area contributed by atoms with Gasteiger partial charge in [-0.25, -0.2) is 4.57 Å². The predicted molar refractivity (Wildman–Crippen MR) is 203 cm³/mol. The second-order valence-corrected chi connectivity index (χ2v) is 15.0. The summed E-state index contributed by atoms with van der Waals surface area (Å²) in [6, 6.07) is -0.867. The topological polar surface area (TPSA) is 105 Å². The number of carbonyl (C=O) groups is 1. The van der Waals surface area contributed by atoms with Crippen LogP contribution in [0.2, 0.25) is 0 Å². The highest BCUT2D eigenvalue weighted by Gasteiger charge is 2.27. The van der Waals surface area contributed by atoms with Gasteiger partial charge in [0.05, 0.1) is 39.9 Å². The second-order valence-electron chi connectivity index (χ2n) is 13.6. The van der Waals surface area contributed by atoms with Gasteiger partial charge in [-0.15, -0.1) is 0 Å². The average molecular weight is 696 g/mol. The third-order valence-corrected chi connectivity index (χ3v) is 8.73. The zero-order chi connectivity index (χ0) is 35.8. The minimum Gasteiger partial charge on any atom is -0.387 e. The van der Waals surface area contributed by atoms with E-state index in [0.29, 0.717) is 23.9 Å². The van der Waals surface area contributed by atoms with E-state index >= 15 is 0 Å². The van der Waals surface area contributed by atoms with Crippen molar-refractivity contribution in [2.75, 3.05) is 40.9 Å². The number of phosphoric ester groups is 1. The third kappa shape index (κ3) is 32.7. The summed E-state index contributed by atoms with van der Waals surface area (Å²) in [6.07, 6.45) is 38.6. The van der Waals surface area contributed by atoms with Crippen molar-refractivity contribution >= 4 is 13.7 Å². The van der Waals surface area contributed by atoms with Crippen LogP contribution in [0.3, 0.4) is 0 Å². The lowest BCUT2D eigenvalue weighted by atomic mass is 10.1. The molecule has 0 aromatic rings. The van der Waals surface area contributed by atoms with Crippen LogP contribution >= 0.6 is 7.82 Å². The molecule has 8 nitrogen and oxygen atoms in total. The van der Waals surface area contributed by atoms with E-state index in [1.165, 1.54) is 44.9 Å². The van der Waals surface area contributed by atoms with E-state index in [4.69, 9.17) is 9.05 Å². The molecule has 0 rings (SSSR count). The number of likely N-dealkylation sites (N-methyl/N-ethyl adjacent to an activating group) is 1. The Morgan fingerprint density at radius 2 is 1.25 bits per heavy atom. The molecule has 9 heteroatoms. The van der Waals surface area contributed by atoms with Gasteiger partial charge in [0.1, 0.15) is 13.2 Å². The first kappa shape index (κ1) is 46.2. The van der Waals surface area contributed by atoms with E-state index in [0.717, 1.165) is 57.8 Å². The Morgan fingerprint density at radius 1 is 0.729 bits per heavy atom. The summed E-state index contributed by atoms with van der Waals surface area (Å²) in [5.41, 5.74) is 0. The lowest BCUT2D eigenvalue weighted by Gasteiger charge is -2.25. The quantitative estimate of drug-likeness (QED) is 0.0280. The maximum atomic E-state index is 12.8. The van der Waals surface area contributed by atoms with Crippen molar-refractivity contribution in [1.29, 1.82) is 0 Å². The number of rotatable bonds is 32. The van der Waals surface area contributed by atoms with E-state index in [9.17, 15) is 19.4 Å². The van der Waals surface area contributed by atoms with Crippen LogP contribution in [0.15, 0.2) is 60.8 Å². The number of carbonyl (C=O) groups excluding carboxylic acids is 1. The SMILES string of the molecule is CC/C=C\C/C=C\C/C=C\C/C=C\CCCCC(=O)NC(COP(=O)(O)OCC[N+](C)(C)C)C(O)/C=C/CCCCCCCCCCC. The predicted octanol–water partition coefficient (Wildman–Crippen LogP) is 9.51. The van der Waals surface area contributed by atoms with Crippen molar-refractivity contribution in [2.24, 2.45) is 0 Å².